The molecule has 0 spiro atoms. The monoisotopic (exact) mass is 440 g/mol. The lowest BCUT2D eigenvalue weighted by atomic mass is 9.81. The fourth-order valence-electron chi connectivity index (χ4n) is 3.92. The summed E-state index contributed by atoms with van der Waals surface area (Å²) in [5.41, 5.74) is -0.403. The van der Waals surface area contributed by atoms with Crippen molar-refractivity contribution in [2.24, 2.45) is 0 Å². The summed E-state index contributed by atoms with van der Waals surface area (Å²) in [7, 11) is 1.27. The molecule has 2 N–H and O–H groups in total. The average molecular weight is 440 g/mol. The second-order valence-corrected chi connectivity index (χ2v) is 9.47. The molecule has 0 radical (unpaired) electrons. The smallest absolute Gasteiger partial charge is 0.416 e. The van der Waals surface area contributed by atoms with E-state index >= 15 is 0 Å². The molecular weight excluding hydrogens is 417 g/mol. The van der Waals surface area contributed by atoms with Crippen LogP contribution in [-0.2, 0) is 22.9 Å². The molecule has 1 aliphatic heterocycles. The summed E-state index contributed by atoms with van der Waals surface area (Å²) in [5, 5.41) is 6.55. The molecule has 30 heavy (non-hydrogen) atoms. The highest BCUT2D eigenvalue weighted by atomic mass is 32.1. The number of hydrogen-bond donors (Lipinski definition) is 2. The number of nitrogens with one attached hydrogen (secondary N) is 2. The highest BCUT2D eigenvalue weighted by molar-refractivity contribution is 7.17. The van der Waals surface area contributed by atoms with E-state index in [-0.39, 0.29) is 11.1 Å². The number of alkyl halides is 3. The number of thiophene rings is 1. The van der Waals surface area contributed by atoms with Crippen LogP contribution >= 0.6 is 11.3 Å². The molecule has 2 aromatic rings. The Hall–Kier alpha value is -2.39. The Morgan fingerprint density at radius 2 is 1.73 bits per heavy atom. The number of esters is 1. The molecule has 162 valence electrons. The van der Waals surface area contributed by atoms with Gasteiger partial charge in [0.05, 0.1) is 18.2 Å². The fraction of sp³-hybridized carbons (Fsp3) is 0.429. The summed E-state index contributed by atoms with van der Waals surface area (Å²) in [5.74, 6) is -1.17. The van der Waals surface area contributed by atoms with Gasteiger partial charge in [-0.25, -0.2) is 4.79 Å². The number of methoxy groups -OCH3 is 1. The van der Waals surface area contributed by atoms with Gasteiger partial charge in [0.15, 0.2) is 0 Å². The number of hydrogen-bond acceptors (Lipinski definition) is 5. The van der Waals surface area contributed by atoms with Gasteiger partial charge in [-0.2, -0.15) is 13.2 Å². The van der Waals surface area contributed by atoms with E-state index in [0.29, 0.717) is 17.0 Å². The Morgan fingerprint density at radius 3 is 2.27 bits per heavy atom. The van der Waals surface area contributed by atoms with Crippen molar-refractivity contribution in [1.82, 2.24) is 5.32 Å². The quantitative estimate of drug-likeness (QED) is 0.662. The predicted molar refractivity (Wildman–Crippen MR) is 109 cm³/mol. The van der Waals surface area contributed by atoms with E-state index in [4.69, 9.17) is 4.74 Å². The molecule has 0 bridgehead atoms. The molecule has 0 unspecified atom stereocenters. The largest absolute Gasteiger partial charge is 0.465 e. The summed E-state index contributed by atoms with van der Waals surface area (Å²) in [4.78, 5) is 26.1. The van der Waals surface area contributed by atoms with E-state index < -0.39 is 29.2 Å². The van der Waals surface area contributed by atoms with Crippen LogP contribution in [-0.4, -0.2) is 24.5 Å². The summed E-state index contributed by atoms with van der Waals surface area (Å²) in [6.45, 7) is 8.03. The van der Waals surface area contributed by atoms with Gasteiger partial charge in [-0.05, 0) is 63.9 Å². The Morgan fingerprint density at radius 1 is 1.13 bits per heavy atom. The van der Waals surface area contributed by atoms with Gasteiger partial charge in [0.25, 0.3) is 5.91 Å². The molecule has 0 saturated carbocycles. The Kier molecular flexibility index (Phi) is 5.49. The van der Waals surface area contributed by atoms with Crippen LogP contribution in [0.4, 0.5) is 18.2 Å². The molecule has 1 amide bonds. The minimum Gasteiger partial charge on any atom is -0.465 e. The van der Waals surface area contributed by atoms with Crippen molar-refractivity contribution in [2.45, 2.75) is 51.4 Å². The maximum atomic E-state index is 12.8. The summed E-state index contributed by atoms with van der Waals surface area (Å²) >= 11 is 1.27. The maximum Gasteiger partial charge on any atom is 0.416 e. The standard InChI is InChI=1S/C21H23F3N2O3S/c1-19(2)10-13-14(18(28)29-5)17(30-15(13)20(3,4)26-19)25-16(27)11-6-8-12(9-7-11)21(22,23)24/h6-9,26H,10H2,1-5H3,(H,25,27). The van der Waals surface area contributed by atoms with Crippen LogP contribution in [0.25, 0.3) is 0 Å². The first kappa shape index (κ1) is 22.3. The van der Waals surface area contributed by atoms with Crippen molar-refractivity contribution in [1.29, 1.82) is 0 Å². The van der Waals surface area contributed by atoms with Gasteiger partial charge in [0.2, 0.25) is 0 Å². The predicted octanol–water partition coefficient (Wildman–Crippen LogP) is 4.97. The number of carbonyl (C=O) groups excluding carboxylic acids is 2. The van der Waals surface area contributed by atoms with Gasteiger partial charge in [0, 0.05) is 21.5 Å². The molecule has 2 heterocycles. The number of fused-ring (bicyclic) bond motifs is 1. The first-order chi connectivity index (χ1) is 13.7. The van der Waals surface area contributed by atoms with E-state index in [2.05, 4.69) is 10.6 Å². The zero-order valence-electron chi connectivity index (χ0n) is 17.3. The molecule has 0 saturated heterocycles. The third-order valence-electron chi connectivity index (χ3n) is 4.94. The minimum absolute atomic E-state index is 0.0582. The SMILES string of the molecule is COC(=O)c1c(NC(=O)c2ccc(C(F)(F)F)cc2)sc2c1CC(C)(C)NC2(C)C. The van der Waals surface area contributed by atoms with E-state index in [1.807, 2.05) is 27.7 Å². The molecule has 0 atom stereocenters. The van der Waals surface area contributed by atoms with E-state index in [0.717, 1.165) is 34.7 Å². The molecule has 1 aromatic heterocycles. The molecule has 1 aromatic carbocycles. The van der Waals surface area contributed by atoms with E-state index in [1.54, 1.807) is 0 Å². The zero-order chi connectivity index (χ0) is 22.5. The van der Waals surface area contributed by atoms with Crippen LogP contribution in [0, 0.1) is 0 Å². The highest BCUT2D eigenvalue weighted by Crippen LogP contribution is 2.45. The lowest BCUT2D eigenvalue weighted by Gasteiger charge is -2.42. The molecule has 3 rings (SSSR count). The van der Waals surface area contributed by atoms with E-state index in [9.17, 15) is 22.8 Å². The van der Waals surface area contributed by atoms with Crippen molar-refractivity contribution in [2.75, 3.05) is 12.4 Å². The first-order valence-corrected chi connectivity index (χ1v) is 10.1. The van der Waals surface area contributed by atoms with Crippen molar-refractivity contribution in [3.63, 3.8) is 0 Å². The zero-order valence-corrected chi connectivity index (χ0v) is 18.1. The lowest BCUT2D eigenvalue weighted by Crippen LogP contribution is -2.55. The van der Waals surface area contributed by atoms with Crippen LogP contribution in [0.5, 0.6) is 0 Å². The summed E-state index contributed by atoms with van der Waals surface area (Å²) in [6.07, 6.45) is -3.92. The van der Waals surface area contributed by atoms with Gasteiger partial charge in [-0.15, -0.1) is 11.3 Å². The van der Waals surface area contributed by atoms with Crippen molar-refractivity contribution >= 4 is 28.2 Å². The number of rotatable bonds is 3. The van der Waals surface area contributed by atoms with Crippen LogP contribution in [0.3, 0.4) is 0 Å². The van der Waals surface area contributed by atoms with Crippen LogP contribution in [0.15, 0.2) is 24.3 Å². The van der Waals surface area contributed by atoms with Crippen LogP contribution < -0.4 is 10.6 Å². The molecule has 9 heteroatoms. The number of benzene rings is 1. The lowest BCUT2D eigenvalue weighted by molar-refractivity contribution is -0.137. The molecular formula is C21H23F3N2O3S. The fourth-order valence-corrected chi connectivity index (χ4v) is 5.18. The average Bonchev–Trinajstić information content (AvgIpc) is 2.97. The second-order valence-electron chi connectivity index (χ2n) is 8.45. The highest BCUT2D eigenvalue weighted by Gasteiger charge is 2.42. The normalized spacial score (nSPS) is 17.2. The van der Waals surface area contributed by atoms with Gasteiger partial charge in [0.1, 0.15) is 5.00 Å². The number of carbonyl (C=O) groups is 2. The van der Waals surface area contributed by atoms with Gasteiger partial charge < -0.3 is 15.4 Å². The van der Waals surface area contributed by atoms with Crippen molar-refractivity contribution < 1.29 is 27.5 Å². The molecule has 0 fully saturated rings. The second kappa shape index (κ2) is 7.39. The Bertz CT molecular complexity index is 992. The summed E-state index contributed by atoms with van der Waals surface area (Å²) in [6, 6.07) is 3.92. The number of halogens is 3. The molecule has 5 nitrogen and oxygen atoms in total. The van der Waals surface area contributed by atoms with Crippen molar-refractivity contribution in [3.8, 4) is 0 Å². The van der Waals surface area contributed by atoms with Gasteiger partial charge >= 0.3 is 12.1 Å². The third-order valence-corrected chi connectivity index (χ3v) is 6.41. The Balaban J connectivity index is 1.99. The Labute approximate surface area is 176 Å². The third kappa shape index (κ3) is 4.22. The van der Waals surface area contributed by atoms with Crippen molar-refractivity contribution in [3.05, 3.63) is 51.4 Å². The number of amides is 1. The van der Waals surface area contributed by atoms with Crippen LogP contribution in [0.2, 0.25) is 0 Å². The van der Waals surface area contributed by atoms with E-state index in [1.165, 1.54) is 18.4 Å². The molecule has 1 aliphatic rings. The topological polar surface area (TPSA) is 67.4 Å². The van der Waals surface area contributed by atoms with Gasteiger partial charge in [-0.3, -0.25) is 4.79 Å². The summed E-state index contributed by atoms with van der Waals surface area (Å²) < 4.78 is 43.2. The maximum absolute atomic E-state index is 12.8. The minimum atomic E-state index is -4.48. The first-order valence-electron chi connectivity index (χ1n) is 9.27. The van der Waals surface area contributed by atoms with Gasteiger partial charge in [-0.1, -0.05) is 0 Å². The number of anilines is 1. The number of ether oxygens (including phenoxy) is 1. The van der Waals surface area contributed by atoms with Crippen LogP contribution in [0.1, 0.15) is 64.4 Å². The molecule has 0 aliphatic carbocycles.